The number of nitrogens with one attached hydrogen (secondary N) is 1. The highest BCUT2D eigenvalue weighted by Crippen LogP contribution is 2.39. The Kier molecular flexibility index (Phi) is 8.71. The molecule has 7 nitrogen and oxygen atoms in total. The molecule has 0 aliphatic heterocycles. The first-order valence-corrected chi connectivity index (χ1v) is 13.6. The van der Waals surface area contributed by atoms with Crippen molar-refractivity contribution in [2.45, 2.75) is 58.0 Å². The molecule has 196 valence electrons. The van der Waals surface area contributed by atoms with Crippen molar-refractivity contribution in [3.8, 4) is 11.5 Å². The summed E-state index contributed by atoms with van der Waals surface area (Å²) in [6.07, 6.45) is 5.15. The predicted molar refractivity (Wildman–Crippen MR) is 147 cm³/mol. The maximum Gasteiger partial charge on any atom is 0.271 e. The van der Waals surface area contributed by atoms with E-state index in [4.69, 9.17) is 21.1 Å². The van der Waals surface area contributed by atoms with Crippen LogP contribution < -0.4 is 19.7 Å². The van der Waals surface area contributed by atoms with E-state index < -0.39 is 6.04 Å². The average molecular weight is 542 g/mol. The van der Waals surface area contributed by atoms with Gasteiger partial charge in [-0.05, 0) is 62.6 Å². The molecule has 37 heavy (non-hydrogen) atoms. The monoisotopic (exact) mass is 541 g/mol. The van der Waals surface area contributed by atoms with Crippen LogP contribution in [0.2, 0.25) is 5.02 Å². The number of thiazole rings is 1. The van der Waals surface area contributed by atoms with Crippen LogP contribution in [0.5, 0.6) is 11.5 Å². The van der Waals surface area contributed by atoms with Crippen molar-refractivity contribution < 1.29 is 19.1 Å². The second-order valence-electron chi connectivity index (χ2n) is 9.16. The van der Waals surface area contributed by atoms with E-state index in [0.717, 1.165) is 30.7 Å². The largest absolute Gasteiger partial charge is 0.497 e. The smallest absolute Gasteiger partial charge is 0.271 e. The number of halogens is 1. The molecule has 1 saturated carbocycles. The molecular formula is C28H32ClN3O4S. The van der Waals surface area contributed by atoms with Gasteiger partial charge in [0.15, 0.2) is 0 Å². The fourth-order valence-electron chi connectivity index (χ4n) is 4.79. The molecule has 2 aromatic carbocycles. The second-order valence-corrected chi connectivity index (χ2v) is 10.8. The van der Waals surface area contributed by atoms with Gasteiger partial charge in [0.05, 0.1) is 30.6 Å². The number of rotatable bonds is 8. The minimum Gasteiger partial charge on any atom is -0.497 e. The Balaban J connectivity index is 1.88. The number of carbonyl (C=O) groups excluding carboxylic acids is 2. The number of aryl methyl sites for hydroxylation is 2. The highest BCUT2D eigenvalue weighted by atomic mass is 35.5. The minimum atomic E-state index is -0.977. The quantitative estimate of drug-likeness (QED) is 0.363. The third-order valence-electron chi connectivity index (χ3n) is 6.61. The van der Waals surface area contributed by atoms with Crippen molar-refractivity contribution in [3.05, 3.63) is 68.6 Å². The standard InChI is InChI=1S/C28H32ClN3O4S/c1-17-26(37-18(2)30-17)28(34)32(23-16-20(29)12-15-24(23)36-4)25(19-10-13-22(35-3)14-11-19)27(33)31-21-8-6-5-7-9-21/h10-16,21,25H,5-9H2,1-4H3,(H,31,33)/t25-/m1/s1. The maximum atomic E-state index is 14.3. The van der Waals surface area contributed by atoms with Crippen molar-refractivity contribution in [1.29, 1.82) is 0 Å². The normalized spacial score (nSPS) is 14.6. The lowest BCUT2D eigenvalue weighted by Crippen LogP contribution is -2.47. The fraction of sp³-hybridized carbons (Fsp3) is 0.393. The van der Waals surface area contributed by atoms with Gasteiger partial charge in [0.25, 0.3) is 5.91 Å². The fourth-order valence-corrected chi connectivity index (χ4v) is 5.81. The van der Waals surface area contributed by atoms with Gasteiger partial charge < -0.3 is 14.8 Å². The summed E-state index contributed by atoms with van der Waals surface area (Å²) in [7, 11) is 3.12. The lowest BCUT2D eigenvalue weighted by atomic mass is 9.94. The van der Waals surface area contributed by atoms with Gasteiger partial charge in [0, 0.05) is 11.1 Å². The van der Waals surface area contributed by atoms with E-state index in [0.29, 0.717) is 38.3 Å². The van der Waals surface area contributed by atoms with Crippen LogP contribution in [0.3, 0.4) is 0 Å². The van der Waals surface area contributed by atoms with Crippen LogP contribution in [-0.2, 0) is 4.79 Å². The van der Waals surface area contributed by atoms with E-state index in [9.17, 15) is 9.59 Å². The third kappa shape index (κ3) is 6.08. The van der Waals surface area contributed by atoms with Crippen molar-refractivity contribution in [2.24, 2.45) is 0 Å². The summed E-state index contributed by atoms with van der Waals surface area (Å²) < 4.78 is 11.0. The Morgan fingerprint density at radius 1 is 1.05 bits per heavy atom. The van der Waals surface area contributed by atoms with Gasteiger partial charge in [0.2, 0.25) is 5.91 Å². The first-order chi connectivity index (χ1) is 17.8. The van der Waals surface area contributed by atoms with Crippen LogP contribution in [0.1, 0.15) is 64.1 Å². The number of aromatic nitrogens is 1. The second kappa shape index (κ2) is 12.0. The van der Waals surface area contributed by atoms with E-state index in [2.05, 4.69) is 10.3 Å². The number of amides is 2. The SMILES string of the molecule is COc1ccc([C@H](C(=O)NC2CCCCC2)N(C(=O)c2sc(C)nc2C)c2cc(Cl)ccc2OC)cc1. The van der Waals surface area contributed by atoms with Crippen LogP contribution in [0.4, 0.5) is 5.69 Å². The Morgan fingerprint density at radius 2 is 1.76 bits per heavy atom. The topological polar surface area (TPSA) is 80.8 Å². The molecule has 0 unspecified atom stereocenters. The van der Waals surface area contributed by atoms with E-state index in [1.165, 1.54) is 29.8 Å². The van der Waals surface area contributed by atoms with Crippen molar-refractivity contribution in [2.75, 3.05) is 19.1 Å². The van der Waals surface area contributed by atoms with E-state index in [1.54, 1.807) is 44.4 Å². The Labute approximate surface area is 226 Å². The number of hydrogen-bond acceptors (Lipinski definition) is 6. The molecule has 1 N–H and O–H groups in total. The first kappa shape index (κ1) is 26.9. The molecule has 1 atom stereocenters. The highest BCUT2D eigenvalue weighted by molar-refractivity contribution is 7.13. The van der Waals surface area contributed by atoms with Gasteiger partial charge in [-0.25, -0.2) is 4.98 Å². The summed E-state index contributed by atoms with van der Waals surface area (Å²) >= 11 is 7.71. The molecule has 1 heterocycles. The lowest BCUT2D eigenvalue weighted by molar-refractivity contribution is -0.123. The number of hydrogen-bond donors (Lipinski definition) is 1. The van der Waals surface area contributed by atoms with Gasteiger partial charge in [-0.15, -0.1) is 11.3 Å². The van der Waals surface area contributed by atoms with Crippen LogP contribution in [0, 0.1) is 13.8 Å². The molecule has 2 amide bonds. The highest BCUT2D eigenvalue weighted by Gasteiger charge is 2.37. The number of benzene rings is 2. The third-order valence-corrected chi connectivity index (χ3v) is 7.90. The Bertz CT molecular complexity index is 1250. The molecular weight excluding hydrogens is 510 g/mol. The molecule has 0 bridgehead atoms. The molecule has 9 heteroatoms. The summed E-state index contributed by atoms with van der Waals surface area (Å²) in [6.45, 7) is 3.66. The minimum absolute atomic E-state index is 0.0626. The zero-order chi connectivity index (χ0) is 26.5. The maximum absolute atomic E-state index is 14.3. The van der Waals surface area contributed by atoms with E-state index in [1.807, 2.05) is 19.1 Å². The van der Waals surface area contributed by atoms with Crippen LogP contribution >= 0.6 is 22.9 Å². The molecule has 0 saturated heterocycles. The summed E-state index contributed by atoms with van der Waals surface area (Å²) in [6, 6.07) is 11.3. The van der Waals surface area contributed by atoms with Crippen molar-refractivity contribution >= 4 is 40.4 Å². The number of ether oxygens (including phenoxy) is 2. The molecule has 3 aromatic rings. The first-order valence-electron chi connectivity index (χ1n) is 12.4. The van der Waals surface area contributed by atoms with E-state index >= 15 is 0 Å². The number of anilines is 1. The predicted octanol–water partition coefficient (Wildman–Crippen LogP) is 6.27. The molecule has 0 radical (unpaired) electrons. The number of methoxy groups -OCH3 is 2. The average Bonchev–Trinajstić information content (AvgIpc) is 3.25. The van der Waals surface area contributed by atoms with Gasteiger partial charge in [-0.3, -0.25) is 14.5 Å². The zero-order valence-corrected chi connectivity index (χ0v) is 23.1. The molecule has 1 fully saturated rings. The lowest BCUT2D eigenvalue weighted by Gasteiger charge is -2.34. The molecule has 4 rings (SSSR count). The van der Waals surface area contributed by atoms with Gasteiger partial charge in [-0.2, -0.15) is 0 Å². The van der Waals surface area contributed by atoms with Crippen molar-refractivity contribution in [3.63, 3.8) is 0 Å². The van der Waals surface area contributed by atoms with Crippen LogP contribution in [0.25, 0.3) is 0 Å². The molecule has 1 aliphatic carbocycles. The number of carbonyl (C=O) groups is 2. The van der Waals surface area contributed by atoms with Crippen LogP contribution in [0.15, 0.2) is 42.5 Å². The molecule has 1 aromatic heterocycles. The van der Waals surface area contributed by atoms with Gasteiger partial charge in [-0.1, -0.05) is 43.0 Å². The Hall–Kier alpha value is -3.10. The summed E-state index contributed by atoms with van der Waals surface area (Å²) in [5.74, 6) is 0.484. The summed E-state index contributed by atoms with van der Waals surface area (Å²) in [4.78, 5) is 34.8. The van der Waals surface area contributed by atoms with Crippen LogP contribution in [-0.4, -0.2) is 37.1 Å². The number of nitrogens with zero attached hydrogens (tertiary/aromatic N) is 2. The summed E-state index contributed by atoms with van der Waals surface area (Å²) in [5, 5.41) is 4.42. The van der Waals surface area contributed by atoms with Gasteiger partial charge >= 0.3 is 0 Å². The molecule has 0 spiro atoms. The van der Waals surface area contributed by atoms with Gasteiger partial charge in [0.1, 0.15) is 22.4 Å². The zero-order valence-electron chi connectivity index (χ0n) is 21.5. The molecule has 1 aliphatic rings. The Morgan fingerprint density at radius 3 is 2.35 bits per heavy atom. The van der Waals surface area contributed by atoms with Crippen molar-refractivity contribution in [1.82, 2.24) is 10.3 Å². The van der Waals surface area contributed by atoms with E-state index in [-0.39, 0.29) is 17.9 Å². The summed E-state index contributed by atoms with van der Waals surface area (Å²) in [5.41, 5.74) is 1.66.